The largest absolute Gasteiger partial charge is 0.316 e. The summed E-state index contributed by atoms with van der Waals surface area (Å²) < 4.78 is 26.6. The van der Waals surface area contributed by atoms with Gasteiger partial charge in [0.25, 0.3) is 0 Å². The normalized spacial score (nSPS) is 30.6. The van der Waals surface area contributed by atoms with Crippen molar-refractivity contribution in [2.45, 2.75) is 45.1 Å². The third-order valence-corrected chi connectivity index (χ3v) is 6.25. The summed E-state index contributed by atoms with van der Waals surface area (Å²) in [4.78, 5) is 0. The minimum Gasteiger partial charge on any atom is -0.316 e. The Morgan fingerprint density at radius 3 is 2.65 bits per heavy atom. The standard InChI is InChI=1S/C12H24N2O2S/c1-12(2)6-4-8-14(12)17(15,16)10-11-5-3-7-13-9-11/h11,13H,3-10H2,1-2H3. The monoisotopic (exact) mass is 260 g/mol. The highest BCUT2D eigenvalue weighted by Gasteiger charge is 2.40. The molecule has 4 nitrogen and oxygen atoms in total. The summed E-state index contributed by atoms with van der Waals surface area (Å²) in [5.41, 5.74) is -0.180. The summed E-state index contributed by atoms with van der Waals surface area (Å²) in [7, 11) is -3.07. The molecule has 2 fully saturated rings. The van der Waals surface area contributed by atoms with Gasteiger partial charge in [0, 0.05) is 12.1 Å². The lowest BCUT2D eigenvalue weighted by Crippen LogP contribution is -2.46. The van der Waals surface area contributed by atoms with E-state index in [0.29, 0.717) is 18.2 Å². The number of nitrogens with zero attached hydrogens (tertiary/aromatic N) is 1. The predicted molar refractivity (Wildman–Crippen MR) is 69.4 cm³/mol. The van der Waals surface area contributed by atoms with E-state index in [-0.39, 0.29) is 5.54 Å². The smallest absolute Gasteiger partial charge is 0.214 e. The van der Waals surface area contributed by atoms with E-state index >= 15 is 0 Å². The van der Waals surface area contributed by atoms with Gasteiger partial charge >= 0.3 is 0 Å². The molecule has 17 heavy (non-hydrogen) atoms. The number of piperidine rings is 1. The van der Waals surface area contributed by atoms with E-state index in [2.05, 4.69) is 5.32 Å². The Labute approximate surface area is 105 Å². The molecule has 0 amide bonds. The summed E-state index contributed by atoms with van der Waals surface area (Å²) in [6.45, 7) is 6.67. The average molecular weight is 260 g/mol. The van der Waals surface area contributed by atoms with Crippen LogP contribution in [0.4, 0.5) is 0 Å². The summed E-state index contributed by atoms with van der Waals surface area (Å²) in [5.74, 6) is 0.619. The molecule has 1 N–H and O–H groups in total. The number of rotatable bonds is 3. The zero-order valence-electron chi connectivity index (χ0n) is 10.9. The minimum atomic E-state index is -3.07. The second-order valence-corrected chi connectivity index (χ2v) is 7.92. The van der Waals surface area contributed by atoms with Crippen LogP contribution in [0.25, 0.3) is 0 Å². The predicted octanol–water partition coefficient (Wildman–Crippen LogP) is 1.19. The van der Waals surface area contributed by atoms with E-state index in [1.165, 1.54) is 0 Å². The van der Waals surface area contributed by atoms with Gasteiger partial charge < -0.3 is 5.32 Å². The Hall–Kier alpha value is -0.130. The van der Waals surface area contributed by atoms with Gasteiger partial charge in [-0.15, -0.1) is 0 Å². The molecular weight excluding hydrogens is 236 g/mol. The third kappa shape index (κ3) is 3.01. The van der Waals surface area contributed by atoms with Crippen molar-refractivity contribution < 1.29 is 8.42 Å². The van der Waals surface area contributed by atoms with Crippen molar-refractivity contribution in [2.24, 2.45) is 5.92 Å². The average Bonchev–Trinajstić information content (AvgIpc) is 2.59. The Morgan fingerprint density at radius 1 is 1.35 bits per heavy atom. The fourth-order valence-electron chi connectivity index (χ4n) is 3.05. The molecular formula is C12H24N2O2S. The first kappa shape index (κ1) is 13.3. The number of hydrogen-bond acceptors (Lipinski definition) is 3. The van der Waals surface area contributed by atoms with E-state index in [4.69, 9.17) is 0 Å². The van der Waals surface area contributed by atoms with Gasteiger partial charge in [-0.3, -0.25) is 0 Å². The van der Waals surface area contributed by atoms with Crippen LogP contribution < -0.4 is 5.32 Å². The van der Waals surface area contributed by atoms with Crippen LogP contribution in [0, 0.1) is 5.92 Å². The van der Waals surface area contributed by atoms with Gasteiger partial charge in [0.1, 0.15) is 0 Å². The zero-order valence-corrected chi connectivity index (χ0v) is 11.7. The molecule has 100 valence electrons. The molecule has 2 aliphatic rings. The molecule has 1 unspecified atom stereocenters. The van der Waals surface area contributed by atoms with Crippen molar-refractivity contribution in [1.29, 1.82) is 0 Å². The molecule has 2 rings (SSSR count). The lowest BCUT2D eigenvalue weighted by atomic mass is 10.0. The fraction of sp³-hybridized carbons (Fsp3) is 1.00. The molecule has 0 aliphatic carbocycles. The summed E-state index contributed by atoms with van der Waals surface area (Å²) in [6.07, 6.45) is 4.12. The Kier molecular flexibility index (Phi) is 3.80. The summed E-state index contributed by atoms with van der Waals surface area (Å²) >= 11 is 0. The van der Waals surface area contributed by atoms with E-state index in [1.807, 2.05) is 13.8 Å². The maximum Gasteiger partial charge on any atom is 0.214 e. The van der Waals surface area contributed by atoms with Gasteiger partial charge in [-0.1, -0.05) is 0 Å². The van der Waals surface area contributed by atoms with Crippen LogP contribution in [-0.4, -0.2) is 43.6 Å². The molecule has 0 aromatic heterocycles. The van der Waals surface area contributed by atoms with Crippen molar-refractivity contribution in [3.63, 3.8) is 0 Å². The molecule has 2 aliphatic heterocycles. The van der Waals surface area contributed by atoms with Crippen molar-refractivity contribution >= 4 is 10.0 Å². The van der Waals surface area contributed by atoms with E-state index in [1.54, 1.807) is 4.31 Å². The molecule has 0 aromatic rings. The van der Waals surface area contributed by atoms with E-state index in [9.17, 15) is 8.42 Å². The van der Waals surface area contributed by atoms with Crippen molar-refractivity contribution in [2.75, 3.05) is 25.4 Å². The number of sulfonamides is 1. The molecule has 5 heteroatoms. The minimum absolute atomic E-state index is 0.180. The first-order chi connectivity index (χ1) is 7.92. The van der Waals surface area contributed by atoms with Crippen LogP contribution in [0.15, 0.2) is 0 Å². The van der Waals surface area contributed by atoms with Gasteiger partial charge in [-0.05, 0) is 58.5 Å². The SMILES string of the molecule is CC1(C)CCCN1S(=O)(=O)CC1CCCNC1. The molecule has 0 saturated carbocycles. The molecule has 0 bridgehead atoms. The number of nitrogens with one attached hydrogen (secondary N) is 1. The lowest BCUT2D eigenvalue weighted by Gasteiger charge is -2.32. The van der Waals surface area contributed by atoms with Gasteiger partial charge in [-0.2, -0.15) is 4.31 Å². The van der Waals surface area contributed by atoms with Gasteiger partial charge in [0.05, 0.1) is 5.75 Å². The second-order valence-electron chi connectivity index (χ2n) is 5.98. The molecule has 2 saturated heterocycles. The zero-order chi connectivity index (χ0) is 12.5. The topological polar surface area (TPSA) is 49.4 Å². The highest BCUT2D eigenvalue weighted by atomic mass is 32.2. The van der Waals surface area contributed by atoms with Gasteiger partial charge in [-0.25, -0.2) is 8.42 Å². The van der Waals surface area contributed by atoms with Crippen LogP contribution in [0.1, 0.15) is 39.5 Å². The highest BCUT2D eigenvalue weighted by Crippen LogP contribution is 2.32. The Morgan fingerprint density at radius 2 is 2.12 bits per heavy atom. The lowest BCUT2D eigenvalue weighted by molar-refractivity contribution is 0.287. The maximum atomic E-state index is 12.4. The van der Waals surface area contributed by atoms with Crippen LogP contribution in [0.3, 0.4) is 0 Å². The van der Waals surface area contributed by atoms with Crippen LogP contribution in [0.2, 0.25) is 0 Å². The van der Waals surface area contributed by atoms with Crippen molar-refractivity contribution in [1.82, 2.24) is 9.62 Å². The molecule has 2 heterocycles. The van der Waals surface area contributed by atoms with Crippen molar-refractivity contribution in [3.8, 4) is 0 Å². The fourth-order valence-corrected chi connectivity index (χ4v) is 5.36. The Bertz CT molecular complexity index is 359. The van der Waals surface area contributed by atoms with Gasteiger partial charge in [0.2, 0.25) is 10.0 Å². The van der Waals surface area contributed by atoms with E-state index in [0.717, 1.165) is 38.8 Å². The van der Waals surface area contributed by atoms with Crippen molar-refractivity contribution in [3.05, 3.63) is 0 Å². The maximum absolute atomic E-state index is 12.4. The van der Waals surface area contributed by atoms with Gasteiger partial charge in [0.15, 0.2) is 0 Å². The quantitative estimate of drug-likeness (QED) is 0.829. The molecule has 1 atom stereocenters. The number of hydrogen-bond donors (Lipinski definition) is 1. The van der Waals surface area contributed by atoms with Crippen LogP contribution in [0.5, 0.6) is 0 Å². The summed E-state index contributed by atoms with van der Waals surface area (Å²) in [6, 6.07) is 0. The second kappa shape index (κ2) is 4.86. The first-order valence-electron chi connectivity index (χ1n) is 6.63. The van der Waals surface area contributed by atoms with E-state index < -0.39 is 10.0 Å². The molecule has 0 radical (unpaired) electrons. The first-order valence-corrected chi connectivity index (χ1v) is 8.24. The summed E-state index contributed by atoms with van der Waals surface area (Å²) in [5, 5.41) is 3.29. The molecule has 0 spiro atoms. The third-order valence-electron chi connectivity index (χ3n) is 4.01. The molecule has 0 aromatic carbocycles. The van der Waals surface area contributed by atoms with Crippen LogP contribution in [-0.2, 0) is 10.0 Å². The van der Waals surface area contributed by atoms with Crippen LogP contribution >= 0.6 is 0 Å². The highest BCUT2D eigenvalue weighted by molar-refractivity contribution is 7.89. The Balaban J connectivity index is 2.03.